The molecule has 1 aromatic rings. The predicted molar refractivity (Wildman–Crippen MR) is 89.1 cm³/mol. The second-order valence-corrected chi connectivity index (χ2v) is 5.98. The van der Waals surface area contributed by atoms with E-state index in [1.165, 1.54) is 5.56 Å². The molecule has 0 aliphatic rings. The van der Waals surface area contributed by atoms with Gasteiger partial charge in [-0.1, -0.05) is 56.4 Å². The third-order valence-corrected chi connectivity index (χ3v) is 3.51. The smallest absolute Gasteiger partial charge is 0.0816 e. The van der Waals surface area contributed by atoms with Gasteiger partial charge in [-0.2, -0.15) is 0 Å². The first-order valence-electron chi connectivity index (χ1n) is 7.10. The highest BCUT2D eigenvalue weighted by Crippen LogP contribution is 2.18. The minimum absolute atomic E-state index is 0.0989. The van der Waals surface area contributed by atoms with Crippen LogP contribution in [0, 0.1) is 5.92 Å². The van der Waals surface area contributed by atoms with Crippen molar-refractivity contribution in [2.24, 2.45) is 11.7 Å². The van der Waals surface area contributed by atoms with Crippen molar-refractivity contribution in [1.29, 1.82) is 0 Å². The molecule has 1 aromatic carbocycles. The lowest BCUT2D eigenvalue weighted by Gasteiger charge is -2.28. The maximum Gasteiger partial charge on any atom is 0.0816 e. The van der Waals surface area contributed by atoms with E-state index in [1.807, 2.05) is 18.2 Å². The summed E-state index contributed by atoms with van der Waals surface area (Å²) in [5, 5.41) is 0. The molecule has 0 saturated carbocycles. The average molecular weight is 294 g/mol. The number of thiocarbonyl (C=S) groups is 1. The molecule has 0 radical (unpaired) electrons. The van der Waals surface area contributed by atoms with Gasteiger partial charge in [0.1, 0.15) is 0 Å². The zero-order valence-electron chi connectivity index (χ0n) is 12.7. The summed E-state index contributed by atoms with van der Waals surface area (Å²) in [6, 6.07) is 10.3. The Morgan fingerprint density at radius 2 is 1.90 bits per heavy atom. The summed E-state index contributed by atoms with van der Waals surface area (Å²) in [4.78, 5) is 2.94. The van der Waals surface area contributed by atoms with Crippen LogP contribution >= 0.6 is 12.2 Å². The molecule has 0 fully saturated rings. The highest BCUT2D eigenvalue weighted by Gasteiger charge is 2.19. The molecule has 0 heterocycles. The zero-order valence-corrected chi connectivity index (χ0v) is 13.5. The Kier molecular flexibility index (Phi) is 7.73. The predicted octanol–water partition coefficient (Wildman–Crippen LogP) is 2.66. The van der Waals surface area contributed by atoms with Gasteiger partial charge in [-0.15, -0.1) is 0 Å². The molecule has 0 aliphatic heterocycles. The third-order valence-electron chi connectivity index (χ3n) is 3.22. The number of ether oxygens (including phenoxy) is 1. The van der Waals surface area contributed by atoms with Crippen molar-refractivity contribution in [2.45, 2.75) is 19.8 Å². The molecule has 0 saturated heterocycles. The van der Waals surface area contributed by atoms with Crippen molar-refractivity contribution in [3.8, 4) is 0 Å². The van der Waals surface area contributed by atoms with Gasteiger partial charge in [0.05, 0.1) is 11.6 Å². The monoisotopic (exact) mass is 294 g/mol. The molecule has 1 rings (SSSR count). The van der Waals surface area contributed by atoms with Gasteiger partial charge in [0, 0.05) is 32.7 Å². The van der Waals surface area contributed by atoms with E-state index >= 15 is 0 Å². The van der Waals surface area contributed by atoms with Crippen LogP contribution in [0.3, 0.4) is 0 Å². The fourth-order valence-corrected chi connectivity index (χ4v) is 2.51. The topological polar surface area (TPSA) is 38.5 Å². The van der Waals surface area contributed by atoms with Crippen LogP contribution in [-0.2, 0) is 4.74 Å². The summed E-state index contributed by atoms with van der Waals surface area (Å²) < 4.78 is 5.20. The quantitative estimate of drug-likeness (QED) is 0.711. The first kappa shape index (κ1) is 17.1. The second kappa shape index (κ2) is 9.06. The van der Waals surface area contributed by atoms with E-state index in [2.05, 4.69) is 30.9 Å². The molecule has 1 unspecified atom stereocenters. The third kappa shape index (κ3) is 5.99. The average Bonchev–Trinajstić information content (AvgIpc) is 2.41. The molecule has 0 spiro atoms. The first-order chi connectivity index (χ1) is 9.54. The minimum Gasteiger partial charge on any atom is -0.393 e. The Morgan fingerprint density at radius 3 is 2.40 bits per heavy atom. The summed E-state index contributed by atoms with van der Waals surface area (Å²) in [7, 11) is 1.73. The Morgan fingerprint density at radius 1 is 1.25 bits per heavy atom. The molecule has 1 atom stereocenters. The highest BCUT2D eigenvalue weighted by atomic mass is 32.1. The normalized spacial score (nSPS) is 12.8. The molecule has 4 heteroatoms. The van der Waals surface area contributed by atoms with Crippen LogP contribution in [-0.4, -0.2) is 43.2 Å². The van der Waals surface area contributed by atoms with E-state index in [-0.39, 0.29) is 5.92 Å². The van der Waals surface area contributed by atoms with E-state index in [1.54, 1.807) is 7.11 Å². The fraction of sp³-hybridized carbons (Fsp3) is 0.562. The van der Waals surface area contributed by atoms with Gasteiger partial charge < -0.3 is 10.5 Å². The van der Waals surface area contributed by atoms with Gasteiger partial charge in [0.2, 0.25) is 0 Å². The van der Waals surface area contributed by atoms with E-state index in [9.17, 15) is 0 Å². The Hall–Kier alpha value is -0.970. The van der Waals surface area contributed by atoms with Crippen LogP contribution in [0.2, 0.25) is 0 Å². The van der Waals surface area contributed by atoms with Crippen LogP contribution in [0.15, 0.2) is 30.3 Å². The lowest BCUT2D eigenvalue weighted by atomic mass is 9.98. The summed E-state index contributed by atoms with van der Waals surface area (Å²) in [5.41, 5.74) is 7.14. The van der Waals surface area contributed by atoms with Crippen molar-refractivity contribution in [1.82, 2.24) is 4.90 Å². The number of nitrogens with zero attached hydrogens (tertiary/aromatic N) is 1. The van der Waals surface area contributed by atoms with Crippen molar-refractivity contribution in [3.63, 3.8) is 0 Å². The number of methoxy groups -OCH3 is 1. The van der Waals surface area contributed by atoms with Gasteiger partial charge in [-0.3, -0.25) is 4.90 Å². The lowest BCUT2D eigenvalue weighted by Crippen LogP contribution is -2.38. The van der Waals surface area contributed by atoms with Crippen LogP contribution in [0.5, 0.6) is 0 Å². The molecular weight excluding hydrogens is 268 g/mol. The number of nitrogens with two attached hydrogens (primary N) is 1. The van der Waals surface area contributed by atoms with Crippen molar-refractivity contribution in [3.05, 3.63) is 35.9 Å². The van der Waals surface area contributed by atoms with Gasteiger partial charge in [-0.25, -0.2) is 0 Å². The summed E-state index contributed by atoms with van der Waals surface area (Å²) in [6.07, 6.45) is 0. The van der Waals surface area contributed by atoms with Crippen LogP contribution in [0.25, 0.3) is 0 Å². The summed E-state index contributed by atoms with van der Waals surface area (Å²) in [6.45, 7) is 7.94. The molecule has 0 bridgehead atoms. The molecule has 0 aliphatic carbocycles. The Bertz CT molecular complexity index is 395. The summed E-state index contributed by atoms with van der Waals surface area (Å²) >= 11 is 5.26. The minimum atomic E-state index is 0.0989. The molecule has 3 nitrogen and oxygen atoms in total. The second-order valence-electron chi connectivity index (χ2n) is 5.51. The van der Waals surface area contributed by atoms with E-state index in [4.69, 9.17) is 22.7 Å². The van der Waals surface area contributed by atoms with Crippen molar-refractivity contribution >= 4 is 17.2 Å². The molecule has 112 valence electrons. The lowest BCUT2D eigenvalue weighted by molar-refractivity contribution is 0.139. The molecule has 0 amide bonds. The zero-order chi connectivity index (χ0) is 15.0. The largest absolute Gasteiger partial charge is 0.393 e. The number of benzene rings is 1. The molecule has 0 aromatic heterocycles. The highest BCUT2D eigenvalue weighted by molar-refractivity contribution is 7.80. The number of rotatable bonds is 9. The Labute approximate surface area is 128 Å². The van der Waals surface area contributed by atoms with E-state index in [0.29, 0.717) is 10.9 Å². The number of hydrogen-bond donors (Lipinski definition) is 1. The van der Waals surface area contributed by atoms with Gasteiger partial charge in [0.25, 0.3) is 0 Å². The van der Waals surface area contributed by atoms with Gasteiger partial charge in [-0.05, 0) is 11.5 Å². The maximum absolute atomic E-state index is 5.95. The summed E-state index contributed by atoms with van der Waals surface area (Å²) in [5.74, 6) is 0.705. The molecule has 2 N–H and O–H groups in total. The first-order valence-corrected chi connectivity index (χ1v) is 7.51. The maximum atomic E-state index is 5.95. The molecule has 20 heavy (non-hydrogen) atoms. The van der Waals surface area contributed by atoms with Crippen LogP contribution < -0.4 is 5.73 Å². The van der Waals surface area contributed by atoms with Gasteiger partial charge >= 0.3 is 0 Å². The fourth-order valence-electron chi connectivity index (χ4n) is 2.30. The number of hydrogen-bond acceptors (Lipinski definition) is 3. The molecular formula is C16H26N2OS. The Balaban J connectivity index is 2.77. The van der Waals surface area contributed by atoms with Crippen molar-refractivity contribution < 1.29 is 4.74 Å². The van der Waals surface area contributed by atoms with Crippen LogP contribution in [0.4, 0.5) is 0 Å². The standard InChI is InChI=1S/C16H26N2OS/c1-13(2)11-18(9-10-19-3)12-15(16(17)20)14-7-5-4-6-8-14/h4-8,13,15H,9-12H2,1-3H3,(H2,17,20). The van der Waals surface area contributed by atoms with Crippen LogP contribution in [0.1, 0.15) is 25.3 Å². The van der Waals surface area contributed by atoms with Gasteiger partial charge in [0.15, 0.2) is 0 Å². The van der Waals surface area contributed by atoms with E-state index < -0.39 is 0 Å². The van der Waals surface area contributed by atoms with E-state index in [0.717, 1.165) is 26.2 Å². The van der Waals surface area contributed by atoms with Crippen molar-refractivity contribution in [2.75, 3.05) is 33.4 Å². The SMILES string of the molecule is COCCN(CC(C)C)CC(C(N)=S)c1ccccc1.